The Morgan fingerprint density at radius 3 is 1.76 bits per heavy atom. The number of unbranched alkanes of at least 4 members (excludes halogenated alkanes) is 9. The van der Waals surface area contributed by atoms with Crippen molar-refractivity contribution in [1.82, 2.24) is 0 Å². The van der Waals surface area contributed by atoms with Gasteiger partial charge in [0.25, 0.3) is 0 Å². The first-order valence-corrected chi connectivity index (χ1v) is 8.20. The fraction of sp³-hybridized carbons (Fsp3) is 0.867. The van der Waals surface area contributed by atoms with Gasteiger partial charge in [-0.3, -0.25) is 0 Å². The van der Waals surface area contributed by atoms with Gasteiger partial charge in [0, 0.05) is 5.25 Å². The Kier molecular flexibility index (Phi) is 14.4. The number of hydrogen-bond acceptors (Lipinski definition) is 1. The third-order valence-electron chi connectivity index (χ3n) is 3.39. The molecule has 1 atom stereocenters. The summed E-state index contributed by atoms with van der Waals surface area (Å²) < 4.78 is 0. The Hall–Kier alpha value is 1.09. The van der Waals surface area contributed by atoms with Gasteiger partial charge in [-0.15, -0.1) is 11.8 Å². The van der Waals surface area contributed by atoms with Gasteiger partial charge in [0.2, 0.25) is 0 Å². The van der Waals surface area contributed by atoms with E-state index in [0.29, 0.717) is 0 Å². The zero-order valence-electron chi connectivity index (χ0n) is 12.9. The Morgan fingerprint density at radius 1 is 0.882 bits per heavy atom. The summed E-state index contributed by atoms with van der Waals surface area (Å²) in [5.74, 6) is 0. The summed E-state index contributed by atoms with van der Waals surface area (Å²) in [5.41, 5.74) is 0. The van der Waals surface area contributed by atoms with E-state index in [1.165, 1.54) is 70.6 Å². The first-order valence-electron chi connectivity index (χ1n) is 7.25. The Bertz CT molecular complexity index is 185. The third kappa shape index (κ3) is 10.7. The van der Waals surface area contributed by atoms with E-state index in [1.807, 2.05) is 11.8 Å². The van der Waals surface area contributed by atoms with Crippen molar-refractivity contribution in [2.75, 3.05) is 0 Å². The largest absolute Gasteiger partial charge is 1.00 e. The second kappa shape index (κ2) is 13.5. The quantitative estimate of drug-likeness (QED) is 0.408. The average molecular weight is 264 g/mol. The second-order valence-electron chi connectivity index (χ2n) is 4.97. The van der Waals surface area contributed by atoms with Crippen LogP contribution in [0.3, 0.4) is 0 Å². The molecule has 1 rings (SSSR count). The molecule has 0 amide bonds. The van der Waals surface area contributed by atoms with Gasteiger partial charge in [-0.25, -0.2) is 0 Å². The van der Waals surface area contributed by atoms with E-state index in [9.17, 15) is 0 Å². The molecular weight excluding hydrogens is 235 g/mol. The number of hydrogen-bond donors (Lipinski definition) is 0. The van der Waals surface area contributed by atoms with E-state index in [1.54, 1.807) is 0 Å². The van der Waals surface area contributed by atoms with Crippen LogP contribution in [0.5, 0.6) is 0 Å². The maximum Gasteiger partial charge on any atom is 1.00 e. The van der Waals surface area contributed by atoms with Crippen LogP contribution in [0.25, 0.3) is 0 Å². The second-order valence-corrected chi connectivity index (χ2v) is 6.12. The molecular formula is C15H29NaS. The van der Waals surface area contributed by atoms with Crippen LogP contribution in [0.15, 0.2) is 11.5 Å². The molecule has 2 heteroatoms. The van der Waals surface area contributed by atoms with Crippen LogP contribution >= 0.6 is 11.8 Å². The topological polar surface area (TPSA) is 0 Å². The van der Waals surface area contributed by atoms with Crippen molar-refractivity contribution < 1.29 is 31.0 Å². The van der Waals surface area contributed by atoms with Gasteiger partial charge >= 0.3 is 29.6 Å². The summed E-state index contributed by atoms with van der Waals surface area (Å²) in [7, 11) is 0. The Labute approximate surface area is 136 Å². The minimum atomic E-state index is 0. The van der Waals surface area contributed by atoms with Crippen LogP contribution < -0.4 is 29.6 Å². The van der Waals surface area contributed by atoms with Gasteiger partial charge < -0.3 is 1.43 Å². The molecule has 0 bridgehead atoms. The zero-order chi connectivity index (χ0) is 11.5. The predicted octanol–water partition coefficient (Wildman–Crippen LogP) is 3.04. The molecule has 1 aliphatic heterocycles. The molecule has 0 radical (unpaired) electrons. The van der Waals surface area contributed by atoms with Crippen LogP contribution in [-0.2, 0) is 0 Å². The fourth-order valence-corrected chi connectivity index (χ4v) is 2.87. The summed E-state index contributed by atoms with van der Waals surface area (Å²) in [6.45, 7) is 2.29. The molecule has 0 nitrogen and oxygen atoms in total. The molecule has 0 spiro atoms. The van der Waals surface area contributed by atoms with E-state index in [4.69, 9.17) is 0 Å². The van der Waals surface area contributed by atoms with Gasteiger partial charge in [-0.1, -0.05) is 77.2 Å². The summed E-state index contributed by atoms with van der Waals surface area (Å²) in [5, 5.41) is 3.09. The molecule has 0 saturated carbocycles. The molecule has 1 unspecified atom stereocenters. The summed E-state index contributed by atoms with van der Waals surface area (Å²) in [4.78, 5) is 0. The van der Waals surface area contributed by atoms with Gasteiger partial charge in [0.05, 0.1) is 0 Å². The molecule has 1 heterocycles. The van der Waals surface area contributed by atoms with E-state index in [2.05, 4.69) is 18.4 Å². The molecule has 0 aromatic heterocycles. The molecule has 1 aliphatic rings. The maximum atomic E-state index is 2.35. The summed E-state index contributed by atoms with van der Waals surface area (Å²) in [6.07, 6.45) is 18.3. The predicted molar refractivity (Wildman–Crippen MR) is 78.1 cm³/mol. The first kappa shape index (κ1) is 18.1. The average Bonchev–Trinajstić information content (AvgIpc) is 2.23. The minimum Gasteiger partial charge on any atom is -1.00 e. The first-order chi connectivity index (χ1) is 7.93. The Morgan fingerprint density at radius 2 is 1.35 bits per heavy atom. The van der Waals surface area contributed by atoms with Gasteiger partial charge in [0.15, 0.2) is 0 Å². The molecule has 96 valence electrons. The smallest absolute Gasteiger partial charge is 1.00 e. The van der Waals surface area contributed by atoms with E-state index < -0.39 is 0 Å². The summed E-state index contributed by atoms with van der Waals surface area (Å²) in [6, 6.07) is 0. The minimum absolute atomic E-state index is 0. The van der Waals surface area contributed by atoms with Gasteiger partial charge in [0.1, 0.15) is 0 Å². The van der Waals surface area contributed by atoms with Crippen molar-refractivity contribution in [3.8, 4) is 0 Å². The number of rotatable bonds is 11. The monoisotopic (exact) mass is 264 g/mol. The Balaban J connectivity index is 0. The van der Waals surface area contributed by atoms with Crippen LogP contribution in [0.1, 0.15) is 79.0 Å². The normalized spacial score (nSPS) is 17.6. The zero-order valence-corrected chi connectivity index (χ0v) is 14.7. The van der Waals surface area contributed by atoms with Crippen molar-refractivity contribution in [3.63, 3.8) is 0 Å². The number of thioether (sulfide) groups is 1. The molecule has 0 aromatic carbocycles. The molecule has 0 N–H and O–H groups in total. The van der Waals surface area contributed by atoms with Crippen LogP contribution in [0, 0.1) is 0 Å². The van der Waals surface area contributed by atoms with E-state index >= 15 is 0 Å². The molecule has 17 heavy (non-hydrogen) atoms. The molecule has 0 aromatic rings. The maximum absolute atomic E-state index is 2.35. The van der Waals surface area contributed by atoms with Gasteiger partial charge in [-0.05, 0) is 11.8 Å². The van der Waals surface area contributed by atoms with Crippen molar-refractivity contribution >= 4 is 11.8 Å². The van der Waals surface area contributed by atoms with Crippen molar-refractivity contribution in [3.05, 3.63) is 11.5 Å². The van der Waals surface area contributed by atoms with Crippen LogP contribution in [0.2, 0.25) is 0 Å². The van der Waals surface area contributed by atoms with E-state index in [0.717, 1.165) is 5.25 Å². The van der Waals surface area contributed by atoms with Crippen LogP contribution in [0.4, 0.5) is 0 Å². The molecule has 0 aliphatic carbocycles. The van der Waals surface area contributed by atoms with Crippen molar-refractivity contribution in [2.24, 2.45) is 0 Å². The van der Waals surface area contributed by atoms with E-state index in [-0.39, 0.29) is 31.0 Å². The standard InChI is InChI=1S/C15H28S.Na.H/c1-2-3-4-5-6-7-8-9-10-11-12-15-13-14-16-15;;/h13-15H,2-12H2,1H3;;/q;+1;-1. The van der Waals surface area contributed by atoms with Crippen LogP contribution in [-0.4, -0.2) is 5.25 Å². The van der Waals surface area contributed by atoms with Crippen molar-refractivity contribution in [1.29, 1.82) is 0 Å². The SMILES string of the molecule is CCCCCCCCCCCCC1C=CS1.[H-].[Na+]. The van der Waals surface area contributed by atoms with Gasteiger partial charge in [-0.2, -0.15) is 0 Å². The fourth-order valence-electron chi connectivity index (χ4n) is 2.19. The van der Waals surface area contributed by atoms with Crippen molar-refractivity contribution in [2.45, 2.75) is 82.8 Å². The third-order valence-corrected chi connectivity index (χ3v) is 4.45. The molecule has 0 fully saturated rings. The molecule has 0 saturated heterocycles. The summed E-state index contributed by atoms with van der Waals surface area (Å²) >= 11 is 2.00.